The maximum Gasteiger partial charge on any atom is 0.261 e. The fourth-order valence-corrected chi connectivity index (χ4v) is 3.62. The molecule has 0 aliphatic carbocycles. The average molecular weight is 474 g/mol. The minimum atomic E-state index is -0.170. The van der Waals surface area contributed by atoms with Gasteiger partial charge in [0.25, 0.3) is 5.56 Å². The summed E-state index contributed by atoms with van der Waals surface area (Å²) in [4.78, 5) is 26.2. The first-order valence-electron chi connectivity index (χ1n) is 10.3. The molecule has 170 valence electrons. The van der Waals surface area contributed by atoms with Gasteiger partial charge < -0.3 is 15.6 Å². The molecule has 6 nitrogen and oxygen atoms in total. The number of likely N-dealkylation sites (N-methyl/N-ethyl adjacent to an activating group) is 1. The number of aromatic amines is 1. The van der Waals surface area contributed by atoms with Crippen LogP contribution < -0.4 is 16.2 Å². The number of amidine groups is 1. The highest BCUT2D eigenvalue weighted by Crippen LogP contribution is 2.35. The fraction of sp³-hybridized carbons (Fsp3) is 0.292. The van der Waals surface area contributed by atoms with E-state index in [4.69, 9.17) is 28.9 Å². The van der Waals surface area contributed by atoms with Gasteiger partial charge in [-0.15, -0.1) is 0 Å². The van der Waals surface area contributed by atoms with Crippen LogP contribution in [0.15, 0.2) is 62.9 Å². The number of nitrogens with zero attached hydrogens (tertiary/aromatic N) is 3. The minimum absolute atomic E-state index is 0.170. The van der Waals surface area contributed by atoms with E-state index in [1.165, 1.54) is 0 Å². The topological polar surface area (TPSA) is 87.4 Å². The molecule has 1 aromatic heterocycles. The summed E-state index contributed by atoms with van der Waals surface area (Å²) in [5, 5.41) is 1.88. The quantitative estimate of drug-likeness (QED) is 0.520. The Morgan fingerprint density at radius 2 is 2.09 bits per heavy atom. The molecule has 2 aromatic rings. The van der Waals surface area contributed by atoms with Crippen LogP contribution in [0.3, 0.4) is 0 Å². The van der Waals surface area contributed by atoms with E-state index in [0.717, 1.165) is 24.1 Å². The van der Waals surface area contributed by atoms with Crippen molar-refractivity contribution in [3.05, 3.63) is 69.3 Å². The molecule has 0 radical (unpaired) electrons. The van der Waals surface area contributed by atoms with Gasteiger partial charge in [0.2, 0.25) is 0 Å². The number of H-pyrrole nitrogens is 1. The molecule has 1 aromatic carbocycles. The van der Waals surface area contributed by atoms with Crippen molar-refractivity contribution in [2.45, 2.75) is 33.6 Å². The first-order valence-corrected chi connectivity index (χ1v) is 11.0. The van der Waals surface area contributed by atoms with Gasteiger partial charge in [-0.3, -0.25) is 4.79 Å². The molecule has 0 saturated carbocycles. The molecule has 0 amide bonds. The highest BCUT2D eigenvalue weighted by Gasteiger charge is 2.20. The number of fused-ring (bicyclic) bond motifs is 3. The summed E-state index contributed by atoms with van der Waals surface area (Å²) < 4.78 is 0. The summed E-state index contributed by atoms with van der Waals surface area (Å²) in [6.45, 7) is 10.3. The predicted octanol–water partition coefficient (Wildman–Crippen LogP) is 6.00. The number of allylic oxidation sites excluding steroid dienone is 7. The standard InChI is InChI=1S/C16H19N5O.C8H10Cl2/c1-4-5-9(2)15-19-10-6-7-11-14(13(10)16(22)20-15)21(3)8-12(17)18-11;1-3-4-5-8(10)6-7(2)9/h6-7H,2,4-5,8H2,1,3H3,(H2,17,18)(H,19,20,22);3-6H,1-2H3/b;4-3-,7-6+,8-5+. The number of nitrogens with one attached hydrogen (secondary N) is 1. The summed E-state index contributed by atoms with van der Waals surface area (Å²) in [7, 11) is 1.89. The summed E-state index contributed by atoms with van der Waals surface area (Å²) in [5.74, 6) is 1.09. The van der Waals surface area contributed by atoms with E-state index in [-0.39, 0.29) is 5.56 Å². The zero-order chi connectivity index (χ0) is 23.8. The summed E-state index contributed by atoms with van der Waals surface area (Å²) in [6, 6.07) is 3.65. The normalized spacial score (nSPS) is 14.2. The third-order valence-electron chi connectivity index (χ3n) is 4.54. The molecule has 32 heavy (non-hydrogen) atoms. The lowest BCUT2D eigenvalue weighted by atomic mass is 10.1. The van der Waals surface area contributed by atoms with E-state index in [9.17, 15) is 4.79 Å². The second-order valence-electron chi connectivity index (χ2n) is 7.36. The lowest BCUT2D eigenvalue weighted by Crippen LogP contribution is -2.34. The largest absolute Gasteiger partial charge is 0.386 e. The lowest BCUT2D eigenvalue weighted by molar-refractivity contribution is 0.952. The third-order valence-corrected chi connectivity index (χ3v) is 4.89. The maximum atomic E-state index is 12.6. The van der Waals surface area contributed by atoms with Crippen molar-refractivity contribution in [2.24, 2.45) is 10.7 Å². The van der Waals surface area contributed by atoms with Gasteiger partial charge in [-0.2, -0.15) is 0 Å². The molecule has 0 fully saturated rings. The second-order valence-corrected chi connectivity index (χ2v) is 8.40. The third kappa shape index (κ3) is 6.58. The van der Waals surface area contributed by atoms with Crippen molar-refractivity contribution in [1.82, 2.24) is 9.97 Å². The molecule has 0 atom stereocenters. The smallest absolute Gasteiger partial charge is 0.261 e. The maximum absolute atomic E-state index is 12.6. The lowest BCUT2D eigenvalue weighted by Gasteiger charge is -2.26. The van der Waals surface area contributed by atoms with Gasteiger partial charge in [0, 0.05) is 17.1 Å². The summed E-state index contributed by atoms with van der Waals surface area (Å²) in [6.07, 6.45) is 9.01. The van der Waals surface area contributed by atoms with E-state index in [0.29, 0.717) is 44.9 Å². The molecule has 1 aliphatic rings. The zero-order valence-electron chi connectivity index (χ0n) is 18.9. The number of benzene rings is 1. The molecular formula is C24H29Cl2N5O. The number of halogens is 2. The first kappa shape index (κ1) is 25.4. The van der Waals surface area contributed by atoms with E-state index >= 15 is 0 Å². The Hall–Kier alpha value is -2.83. The highest BCUT2D eigenvalue weighted by molar-refractivity contribution is 6.34. The summed E-state index contributed by atoms with van der Waals surface area (Å²) >= 11 is 11.3. The Morgan fingerprint density at radius 1 is 1.38 bits per heavy atom. The minimum Gasteiger partial charge on any atom is -0.386 e. The molecule has 0 saturated heterocycles. The number of nitrogens with two attached hydrogens (primary N) is 1. The van der Waals surface area contributed by atoms with Gasteiger partial charge in [-0.1, -0.05) is 55.3 Å². The fourth-order valence-electron chi connectivity index (χ4n) is 3.21. The molecule has 0 unspecified atom stereocenters. The van der Waals surface area contributed by atoms with Crippen molar-refractivity contribution in [3.8, 4) is 0 Å². The van der Waals surface area contributed by atoms with E-state index in [2.05, 4.69) is 28.5 Å². The first-order chi connectivity index (χ1) is 15.2. The monoisotopic (exact) mass is 473 g/mol. The Balaban J connectivity index is 0.000000309. The van der Waals surface area contributed by atoms with E-state index < -0.39 is 0 Å². The van der Waals surface area contributed by atoms with E-state index in [1.54, 1.807) is 19.1 Å². The van der Waals surface area contributed by atoms with Crippen molar-refractivity contribution in [2.75, 3.05) is 18.5 Å². The molecule has 2 heterocycles. The van der Waals surface area contributed by atoms with Crippen LogP contribution >= 0.6 is 23.2 Å². The van der Waals surface area contributed by atoms with Crippen LogP contribution in [0, 0.1) is 0 Å². The molecule has 3 N–H and O–H groups in total. The van der Waals surface area contributed by atoms with Crippen molar-refractivity contribution >= 4 is 56.9 Å². The van der Waals surface area contributed by atoms with Gasteiger partial charge in [0.15, 0.2) is 0 Å². The van der Waals surface area contributed by atoms with Crippen LogP contribution in [-0.4, -0.2) is 29.4 Å². The van der Waals surface area contributed by atoms with Crippen LogP contribution in [0.5, 0.6) is 0 Å². The highest BCUT2D eigenvalue weighted by atomic mass is 35.5. The van der Waals surface area contributed by atoms with E-state index in [1.807, 2.05) is 43.2 Å². The van der Waals surface area contributed by atoms with Gasteiger partial charge in [0.05, 0.1) is 28.8 Å². The summed E-state index contributed by atoms with van der Waals surface area (Å²) in [5.41, 5.74) is 8.61. The number of hydrogen-bond donors (Lipinski definition) is 2. The van der Waals surface area contributed by atoms with Gasteiger partial charge in [-0.25, -0.2) is 9.98 Å². The Labute approximate surface area is 198 Å². The van der Waals surface area contributed by atoms with Crippen LogP contribution in [0.25, 0.3) is 16.5 Å². The number of aromatic nitrogens is 2. The van der Waals surface area contributed by atoms with Crippen LogP contribution in [0.4, 0.5) is 11.4 Å². The molecular weight excluding hydrogens is 445 g/mol. The van der Waals surface area contributed by atoms with Gasteiger partial charge in [-0.05, 0) is 50.1 Å². The number of anilines is 1. The number of hydrogen-bond acceptors (Lipinski definition) is 5. The Morgan fingerprint density at radius 3 is 2.72 bits per heavy atom. The molecule has 8 heteroatoms. The van der Waals surface area contributed by atoms with Crippen LogP contribution in [-0.2, 0) is 0 Å². The Bertz CT molecular complexity index is 1170. The average Bonchev–Trinajstić information content (AvgIpc) is 2.71. The molecule has 1 aliphatic heterocycles. The number of rotatable bonds is 5. The number of aliphatic imine (C=N–C) groups is 1. The predicted molar refractivity (Wildman–Crippen MR) is 139 cm³/mol. The SMILES string of the molecule is C=C(CCC)c1nc2ccc3c(c2c(=O)[nH]1)N(C)CC(N)=N3.C\C=C/C=C(Cl)\C=C(/C)Cl. The van der Waals surface area contributed by atoms with Gasteiger partial charge in [0.1, 0.15) is 11.7 Å². The molecule has 0 bridgehead atoms. The van der Waals surface area contributed by atoms with Crippen LogP contribution in [0.1, 0.15) is 39.4 Å². The van der Waals surface area contributed by atoms with Crippen molar-refractivity contribution in [3.63, 3.8) is 0 Å². The molecule has 3 rings (SSSR count). The Kier molecular flexibility index (Phi) is 9.29. The molecule has 0 spiro atoms. The van der Waals surface area contributed by atoms with Crippen molar-refractivity contribution < 1.29 is 0 Å². The second kappa shape index (κ2) is 11.7. The van der Waals surface area contributed by atoms with Crippen molar-refractivity contribution in [1.29, 1.82) is 0 Å². The van der Waals surface area contributed by atoms with Crippen LogP contribution in [0.2, 0.25) is 0 Å². The zero-order valence-corrected chi connectivity index (χ0v) is 20.4. The van der Waals surface area contributed by atoms with Gasteiger partial charge >= 0.3 is 0 Å².